The summed E-state index contributed by atoms with van der Waals surface area (Å²) in [4.78, 5) is 4.28. The van der Waals surface area contributed by atoms with E-state index in [0.29, 0.717) is 11.3 Å². The second-order valence-corrected chi connectivity index (χ2v) is 4.86. The van der Waals surface area contributed by atoms with Crippen LogP contribution in [0, 0.1) is 5.41 Å². The van der Waals surface area contributed by atoms with Crippen molar-refractivity contribution < 1.29 is 4.42 Å². The van der Waals surface area contributed by atoms with E-state index in [4.69, 9.17) is 4.42 Å². The van der Waals surface area contributed by atoms with Crippen LogP contribution < -0.4 is 5.32 Å². The molecule has 1 aliphatic carbocycles. The minimum atomic E-state index is 0.200. The molecule has 0 spiro atoms. The molecule has 1 aliphatic rings. The van der Waals surface area contributed by atoms with Crippen LogP contribution in [0.4, 0.5) is 0 Å². The van der Waals surface area contributed by atoms with Crippen molar-refractivity contribution in [1.82, 2.24) is 10.3 Å². The standard InChI is InChI=1S/C11H18N2O/c1-7(12-4)10-13-6-9(14-10)8-5-11(8,2)3/h6-8,12H,5H2,1-4H3. The van der Waals surface area contributed by atoms with Gasteiger partial charge in [-0.2, -0.15) is 0 Å². The zero-order valence-corrected chi connectivity index (χ0v) is 9.29. The van der Waals surface area contributed by atoms with E-state index in [-0.39, 0.29) is 6.04 Å². The molecule has 3 nitrogen and oxygen atoms in total. The Kier molecular flexibility index (Phi) is 2.14. The second kappa shape index (κ2) is 3.09. The highest BCUT2D eigenvalue weighted by Gasteiger charge is 2.48. The molecule has 0 bridgehead atoms. The molecule has 1 aromatic rings. The van der Waals surface area contributed by atoms with Crippen LogP contribution >= 0.6 is 0 Å². The number of oxazole rings is 1. The topological polar surface area (TPSA) is 38.1 Å². The van der Waals surface area contributed by atoms with Crippen LogP contribution in [-0.2, 0) is 0 Å². The van der Waals surface area contributed by atoms with Crippen molar-refractivity contribution in [3.05, 3.63) is 17.8 Å². The summed E-state index contributed by atoms with van der Waals surface area (Å²) < 4.78 is 5.72. The highest BCUT2D eigenvalue weighted by molar-refractivity contribution is 5.17. The summed E-state index contributed by atoms with van der Waals surface area (Å²) in [5, 5.41) is 3.12. The molecule has 1 saturated carbocycles. The van der Waals surface area contributed by atoms with Crippen LogP contribution in [0.5, 0.6) is 0 Å². The van der Waals surface area contributed by atoms with Gasteiger partial charge >= 0.3 is 0 Å². The normalized spacial score (nSPS) is 26.1. The third-order valence-corrected chi connectivity index (χ3v) is 3.20. The third-order valence-electron chi connectivity index (χ3n) is 3.20. The summed E-state index contributed by atoms with van der Waals surface area (Å²) >= 11 is 0. The van der Waals surface area contributed by atoms with Crippen LogP contribution in [0.3, 0.4) is 0 Å². The van der Waals surface area contributed by atoms with Crippen molar-refractivity contribution in [2.24, 2.45) is 5.41 Å². The van der Waals surface area contributed by atoms with E-state index < -0.39 is 0 Å². The Morgan fingerprint density at radius 1 is 1.64 bits per heavy atom. The Labute approximate surface area is 84.9 Å². The lowest BCUT2D eigenvalue weighted by Gasteiger charge is -2.04. The van der Waals surface area contributed by atoms with Crippen molar-refractivity contribution in [1.29, 1.82) is 0 Å². The highest BCUT2D eigenvalue weighted by Crippen LogP contribution is 2.58. The minimum absolute atomic E-state index is 0.200. The molecule has 2 atom stereocenters. The van der Waals surface area contributed by atoms with E-state index in [1.54, 1.807) is 0 Å². The van der Waals surface area contributed by atoms with Crippen molar-refractivity contribution in [3.63, 3.8) is 0 Å². The Bertz CT molecular complexity index is 330. The number of nitrogens with one attached hydrogen (secondary N) is 1. The Balaban J connectivity index is 2.11. The van der Waals surface area contributed by atoms with Gasteiger partial charge in [0.05, 0.1) is 12.2 Å². The van der Waals surface area contributed by atoms with E-state index in [1.165, 1.54) is 6.42 Å². The SMILES string of the molecule is CNC(C)c1ncc(C2CC2(C)C)o1. The fourth-order valence-electron chi connectivity index (χ4n) is 1.74. The van der Waals surface area contributed by atoms with E-state index >= 15 is 0 Å². The molecule has 0 radical (unpaired) electrons. The number of hydrogen-bond acceptors (Lipinski definition) is 3. The molecule has 0 amide bonds. The van der Waals surface area contributed by atoms with Crippen LogP contribution in [0.25, 0.3) is 0 Å². The first-order valence-corrected chi connectivity index (χ1v) is 5.17. The summed E-state index contributed by atoms with van der Waals surface area (Å²) in [6.07, 6.45) is 3.10. The molecule has 1 aromatic heterocycles. The predicted octanol–water partition coefficient (Wildman–Crippen LogP) is 2.47. The van der Waals surface area contributed by atoms with E-state index in [2.05, 4.69) is 24.1 Å². The minimum Gasteiger partial charge on any atom is -0.444 e. The average molecular weight is 194 g/mol. The molecule has 1 fully saturated rings. The number of hydrogen-bond donors (Lipinski definition) is 1. The first-order valence-electron chi connectivity index (χ1n) is 5.17. The lowest BCUT2D eigenvalue weighted by Crippen LogP contribution is -2.12. The molecule has 2 unspecified atom stereocenters. The van der Waals surface area contributed by atoms with E-state index in [0.717, 1.165) is 11.7 Å². The lowest BCUT2D eigenvalue weighted by atomic mass is 10.1. The van der Waals surface area contributed by atoms with Gasteiger partial charge in [-0.05, 0) is 25.8 Å². The van der Waals surface area contributed by atoms with Gasteiger partial charge in [0.15, 0.2) is 0 Å². The van der Waals surface area contributed by atoms with Crippen LogP contribution in [-0.4, -0.2) is 12.0 Å². The van der Waals surface area contributed by atoms with Gasteiger partial charge in [-0.1, -0.05) is 13.8 Å². The molecular weight excluding hydrogens is 176 g/mol. The van der Waals surface area contributed by atoms with Crippen LogP contribution in [0.2, 0.25) is 0 Å². The van der Waals surface area contributed by atoms with Gasteiger partial charge in [-0.25, -0.2) is 4.98 Å². The molecule has 78 valence electrons. The maximum atomic E-state index is 5.72. The third kappa shape index (κ3) is 1.57. The monoisotopic (exact) mass is 194 g/mol. The Morgan fingerprint density at radius 3 is 2.79 bits per heavy atom. The van der Waals surface area contributed by atoms with Gasteiger partial charge in [0.2, 0.25) is 5.89 Å². The first kappa shape index (κ1) is 9.71. The average Bonchev–Trinajstić information content (AvgIpc) is 2.64. The van der Waals surface area contributed by atoms with Gasteiger partial charge in [0.25, 0.3) is 0 Å². The van der Waals surface area contributed by atoms with Crippen molar-refractivity contribution in [2.45, 2.75) is 39.2 Å². The summed E-state index contributed by atoms with van der Waals surface area (Å²) in [7, 11) is 1.91. The van der Waals surface area contributed by atoms with Gasteiger partial charge in [-0.3, -0.25) is 0 Å². The lowest BCUT2D eigenvalue weighted by molar-refractivity contribution is 0.398. The fourth-order valence-corrected chi connectivity index (χ4v) is 1.74. The number of rotatable bonds is 3. The predicted molar refractivity (Wildman–Crippen MR) is 55.1 cm³/mol. The van der Waals surface area contributed by atoms with Gasteiger partial charge in [0, 0.05) is 5.92 Å². The smallest absolute Gasteiger partial charge is 0.211 e. The summed E-state index contributed by atoms with van der Waals surface area (Å²) in [6.45, 7) is 6.58. The fraction of sp³-hybridized carbons (Fsp3) is 0.727. The molecule has 1 heterocycles. The number of aromatic nitrogens is 1. The Hall–Kier alpha value is -0.830. The molecule has 0 saturated heterocycles. The second-order valence-electron chi connectivity index (χ2n) is 4.86. The summed E-state index contributed by atoms with van der Waals surface area (Å²) in [5.41, 5.74) is 0.416. The van der Waals surface area contributed by atoms with E-state index in [9.17, 15) is 0 Å². The zero-order valence-electron chi connectivity index (χ0n) is 9.29. The molecule has 0 aliphatic heterocycles. The van der Waals surface area contributed by atoms with Crippen molar-refractivity contribution in [3.8, 4) is 0 Å². The zero-order chi connectivity index (χ0) is 10.3. The van der Waals surface area contributed by atoms with Gasteiger partial charge in [0.1, 0.15) is 5.76 Å². The van der Waals surface area contributed by atoms with Gasteiger partial charge in [-0.15, -0.1) is 0 Å². The quantitative estimate of drug-likeness (QED) is 0.803. The van der Waals surface area contributed by atoms with E-state index in [1.807, 2.05) is 20.2 Å². The van der Waals surface area contributed by atoms with Crippen molar-refractivity contribution >= 4 is 0 Å². The summed E-state index contributed by atoms with van der Waals surface area (Å²) in [6, 6.07) is 0.200. The molecule has 1 N–H and O–H groups in total. The Morgan fingerprint density at radius 2 is 2.29 bits per heavy atom. The van der Waals surface area contributed by atoms with Gasteiger partial charge < -0.3 is 9.73 Å². The van der Waals surface area contributed by atoms with Crippen LogP contribution in [0.15, 0.2) is 10.6 Å². The highest BCUT2D eigenvalue weighted by atomic mass is 16.4. The largest absolute Gasteiger partial charge is 0.444 e. The molecule has 3 heteroatoms. The summed E-state index contributed by atoms with van der Waals surface area (Å²) in [5.74, 6) is 2.42. The van der Waals surface area contributed by atoms with Crippen LogP contribution in [0.1, 0.15) is 50.8 Å². The van der Waals surface area contributed by atoms with Crippen molar-refractivity contribution in [2.75, 3.05) is 7.05 Å². The first-order chi connectivity index (χ1) is 6.54. The molecule has 2 rings (SSSR count). The maximum Gasteiger partial charge on any atom is 0.211 e. The molecule has 0 aromatic carbocycles. The molecule has 14 heavy (non-hydrogen) atoms. The maximum absolute atomic E-state index is 5.72. The number of nitrogens with zero attached hydrogens (tertiary/aromatic N) is 1. The molecular formula is C11H18N2O.